The van der Waals surface area contributed by atoms with E-state index in [-0.39, 0.29) is 24.3 Å². The highest BCUT2D eigenvalue weighted by Gasteiger charge is 2.53. The predicted octanol–water partition coefficient (Wildman–Crippen LogP) is 2.13. The molecule has 4 rings (SSSR count). The number of aromatic nitrogens is 1. The van der Waals surface area contributed by atoms with Crippen LogP contribution in [0.4, 0.5) is 8.78 Å². The van der Waals surface area contributed by atoms with Crippen LogP contribution in [0.25, 0.3) is 0 Å². The second-order valence-corrected chi connectivity index (χ2v) is 8.01. The van der Waals surface area contributed by atoms with Crippen molar-refractivity contribution < 1.29 is 22.8 Å². The molecule has 0 unspecified atom stereocenters. The summed E-state index contributed by atoms with van der Waals surface area (Å²) in [6, 6.07) is 1.94. The topological polar surface area (TPSA) is 67.6 Å². The quantitative estimate of drug-likeness (QED) is 0.832. The maximum absolute atomic E-state index is 12.9. The van der Waals surface area contributed by atoms with Crippen molar-refractivity contribution in [3.8, 4) is 0 Å². The van der Waals surface area contributed by atoms with E-state index in [1.54, 1.807) is 0 Å². The average molecular weight is 369 g/mol. The van der Waals surface area contributed by atoms with Gasteiger partial charge in [0.05, 0.1) is 11.3 Å². The third kappa shape index (κ3) is 3.49. The second-order valence-electron chi connectivity index (χ2n) is 8.01. The summed E-state index contributed by atoms with van der Waals surface area (Å²) in [7, 11) is 0. The number of hydrogen-bond donors (Lipinski definition) is 1. The summed E-state index contributed by atoms with van der Waals surface area (Å²) in [5.74, 6) is -2.21. The molecule has 26 heavy (non-hydrogen) atoms. The van der Waals surface area contributed by atoms with E-state index in [1.807, 2.05) is 13.0 Å². The van der Waals surface area contributed by atoms with Crippen LogP contribution in [-0.4, -0.2) is 53.7 Å². The summed E-state index contributed by atoms with van der Waals surface area (Å²) >= 11 is 0. The van der Waals surface area contributed by atoms with Crippen molar-refractivity contribution in [3.63, 3.8) is 0 Å². The smallest absolute Gasteiger partial charge is 0.249 e. The first-order valence-electron chi connectivity index (χ1n) is 9.29. The third-order valence-corrected chi connectivity index (χ3v) is 5.90. The molecule has 0 radical (unpaired) electrons. The second kappa shape index (κ2) is 6.56. The van der Waals surface area contributed by atoms with Crippen molar-refractivity contribution in [2.45, 2.75) is 50.7 Å². The van der Waals surface area contributed by atoms with Gasteiger partial charge in [0.1, 0.15) is 5.76 Å². The number of alkyl halides is 2. The molecule has 3 heterocycles. The molecule has 1 N–H and O–H groups in total. The Balaban J connectivity index is 1.20. The van der Waals surface area contributed by atoms with Crippen LogP contribution < -0.4 is 5.32 Å². The summed E-state index contributed by atoms with van der Waals surface area (Å²) in [6.07, 6.45) is 1.18. The molecule has 1 spiro atoms. The number of carbonyl (C=O) groups is 1. The van der Waals surface area contributed by atoms with Crippen LogP contribution >= 0.6 is 0 Å². The molecule has 1 saturated carbocycles. The number of halogens is 2. The van der Waals surface area contributed by atoms with Crippen molar-refractivity contribution in [2.75, 3.05) is 26.2 Å². The lowest BCUT2D eigenvalue weighted by molar-refractivity contribution is -0.150. The molecule has 144 valence electrons. The SMILES string of the molecule is Cc1cc(CN2CC3(C2)OCC[C@@H]3CCNC(=O)C2CC(F)(F)C2)no1. The van der Waals surface area contributed by atoms with Crippen LogP contribution in [0.5, 0.6) is 0 Å². The minimum absolute atomic E-state index is 0.132. The van der Waals surface area contributed by atoms with Gasteiger partial charge in [-0.15, -0.1) is 0 Å². The van der Waals surface area contributed by atoms with E-state index in [0.29, 0.717) is 12.5 Å². The molecule has 1 aromatic rings. The Morgan fingerprint density at radius 2 is 2.19 bits per heavy atom. The van der Waals surface area contributed by atoms with Crippen molar-refractivity contribution >= 4 is 5.91 Å². The van der Waals surface area contributed by atoms with Gasteiger partial charge in [-0.2, -0.15) is 0 Å². The van der Waals surface area contributed by atoms with Gasteiger partial charge in [0.2, 0.25) is 11.8 Å². The van der Waals surface area contributed by atoms with Gasteiger partial charge in [0.15, 0.2) is 0 Å². The number of likely N-dealkylation sites (tertiary alicyclic amines) is 1. The largest absolute Gasteiger partial charge is 0.372 e. The van der Waals surface area contributed by atoms with Gasteiger partial charge in [-0.3, -0.25) is 9.69 Å². The third-order valence-electron chi connectivity index (χ3n) is 5.90. The van der Waals surface area contributed by atoms with Gasteiger partial charge in [-0.1, -0.05) is 5.16 Å². The number of rotatable bonds is 6. The van der Waals surface area contributed by atoms with Gasteiger partial charge < -0.3 is 14.6 Å². The number of aryl methyl sites for hydroxylation is 1. The lowest BCUT2D eigenvalue weighted by atomic mass is 9.78. The average Bonchev–Trinajstić information content (AvgIpc) is 3.11. The Hall–Kier alpha value is -1.54. The molecule has 2 aliphatic heterocycles. The molecule has 6 nitrogen and oxygen atoms in total. The van der Waals surface area contributed by atoms with Crippen LogP contribution in [0.15, 0.2) is 10.6 Å². The molecule has 3 aliphatic rings. The van der Waals surface area contributed by atoms with E-state index in [9.17, 15) is 13.6 Å². The number of nitrogens with one attached hydrogen (secondary N) is 1. The van der Waals surface area contributed by atoms with Crippen LogP contribution in [0.3, 0.4) is 0 Å². The van der Waals surface area contributed by atoms with Crippen LogP contribution in [0, 0.1) is 18.8 Å². The van der Waals surface area contributed by atoms with E-state index >= 15 is 0 Å². The molecule has 1 amide bonds. The van der Waals surface area contributed by atoms with Gasteiger partial charge in [0, 0.05) is 57.6 Å². The van der Waals surface area contributed by atoms with E-state index in [4.69, 9.17) is 9.26 Å². The highest BCUT2D eigenvalue weighted by atomic mass is 19.3. The van der Waals surface area contributed by atoms with Crippen LogP contribution in [0.1, 0.15) is 37.1 Å². The summed E-state index contributed by atoms with van der Waals surface area (Å²) in [5.41, 5.74) is 0.795. The summed E-state index contributed by atoms with van der Waals surface area (Å²) in [4.78, 5) is 14.2. The van der Waals surface area contributed by atoms with Gasteiger partial charge in [-0.05, 0) is 25.7 Å². The highest BCUT2D eigenvalue weighted by molar-refractivity contribution is 5.79. The normalized spacial score (nSPS) is 27.3. The standard InChI is InChI=1S/C18H25F2N3O3/c1-12-6-15(22-26-12)9-23-10-17(11-23)14(3-5-25-17)2-4-21-16(24)13-7-18(19,20)8-13/h6,13-14H,2-5,7-11H2,1H3,(H,21,24)/t14-/m0/s1. The van der Waals surface area contributed by atoms with Crippen LogP contribution in [-0.2, 0) is 16.1 Å². The number of ether oxygens (including phenoxy) is 1. The zero-order chi connectivity index (χ0) is 18.4. The Kier molecular flexibility index (Phi) is 4.51. The summed E-state index contributed by atoms with van der Waals surface area (Å²) in [5, 5.41) is 6.85. The Morgan fingerprint density at radius 3 is 2.85 bits per heavy atom. The predicted molar refractivity (Wildman–Crippen MR) is 88.6 cm³/mol. The maximum atomic E-state index is 12.9. The molecular formula is C18H25F2N3O3. The molecule has 1 atom stereocenters. The lowest BCUT2D eigenvalue weighted by Crippen LogP contribution is -2.64. The Morgan fingerprint density at radius 1 is 1.42 bits per heavy atom. The fourth-order valence-corrected chi connectivity index (χ4v) is 4.45. The van der Waals surface area contributed by atoms with Crippen molar-refractivity contribution in [1.82, 2.24) is 15.4 Å². The van der Waals surface area contributed by atoms with Gasteiger partial charge in [-0.25, -0.2) is 8.78 Å². The van der Waals surface area contributed by atoms with Crippen molar-refractivity contribution in [1.29, 1.82) is 0 Å². The van der Waals surface area contributed by atoms with Crippen molar-refractivity contribution in [3.05, 3.63) is 17.5 Å². The number of carbonyl (C=O) groups excluding carboxylic acids is 1. The molecule has 8 heteroatoms. The van der Waals surface area contributed by atoms with Crippen molar-refractivity contribution in [2.24, 2.45) is 11.8 Å². The minimum atomic E-state index is -2.65. The van der Waals surface area contributed by atoms with Gasteiger partial charge >= 0.3 is 0 Å². The highest BCUT2D eigenvalue weighted by Crippen LogP contribution is 2.43. The molecule has 3 fully saturated rings. The van der Waals surface area contributed by atoms with E-state index in [2.05, 4.69) is 15.4 Å². The van der Waals surface area contributed by atoms with E-state index in [0.717, 1.165) is 50.5 Å². The molecular weight excluding hydrogens is 344 g/mol. The zero-order valence-corrected chi connectivity index (χ0v) is 15.0. The molecule has 1 aliphatic carbocycles. The fourth-order valence-electron chi connectivity index (χ4n) is 4.45. The van der Waals surface area contributed by atoms with Crippen LogP contribution in [0.2, 0.25) is 0 Å². The first-order chi connectivity index (χ1) is 12.4. The molecule has 2 saturated heterocycles. The summed E-state index contributed by atoms with van der Waals surface area (Å²) in [6.45, 7) is 5.60. The number of nitrogens with zero attached hydrogens (tertiary/aromatic N) is 2. The fraction of sp³-hybridized carbons (Fsp3) is 0.778. The molecule has 0 aromatic carbocycles. The zero-order valence-electron chi connectivity index (χ0n) is 15.0. The lowest BCUT2D eigenvalue weighted by Gasteiger charge is -2.50. The van der Waals surface area contributed by atoms with E-state index < -0.39 is 11.8 Å². The minimum Gasteiger partial charge on any atom is -0.372 e. The first kappa shape index (κ1) is 17.9. The maximum Gasteiger partial charge on any atom is 0.249 e. The molecule has 1 aromatic heterocycles. The monoisotopic (exact) mass is 369 g/mol. The number of hydrogen-bond acceptors (Lipinski definition) is 5. The van der Waals surface area contributed by atoms with Gasteiger partial charge in [0.25, 0.3) is 0 Å². The number of amides is 1. The summed E-state index contributed by atoms with van der Waals surface area (Å²) < 4.78 is 36.8. The molecule has 0 bridgehead atoms. The Labute approximate surface area is 151 Å². The van der Waals surface area contributed by atoms with E-state index in [1.165, 1.54) is 0 Å². The first-order valence-corrected chi connectivity index (χ1v) is 9.29. The Bertz CT molecular complexity index is 664.